The first-order valence-corrected chi connectivity index (χ1v) is 12.4. The van der Waals surface area contributed by atoms with Crippen LogP contribution < -0.4 is 10.6 Å². The van der Waals surface area contributed by atoms with E-state index in [2.05, 4.69) is 20.6 Å². The van der Waals surface area contributed by atoms with Gasteiger partial charge in [-0.25, -0.2) is 14.4 Å². The number of amides is 2. The van der Waals surface area contributed by atoms with Gasteiger partial charge in [0.15, 0.2) is 11.5 Å². The number of carbonyl (C=O) groups excluding carboxylic acids is 2. The minimum Gasteiger partial charge on any atom is -0.322 e. The fourth-order valence-corrected chi connectivity index (χ4v) is 4.35. The molecule has 5 aromatic rings. The molecular weight excluding hydrogens is 607 g/mol. The Morgan fingerprint density at radius 2 is 1.44 bits per heavy atom. The van der Waals surface area contributed by atoms with Gasteiger partial charge in [-0.3, -0.25) is 14.0 Å². The van der Waals surface area contributed by atoms with Crippen LogP contribution in [0.15, 0.2) is 79.3 Å². The number of hydrogen-bond acceptors (Lipinski definition) is 4. The lowest BCUT2D eigenvalue weighted by Crippen LogP contribution is -2.16. The molecule has 0 aliphatic rings. The molecule has 2 N–H and O–H groups in total. The average Bonchev–Trinajstić information content (AvgIpc) is 3.37. The third kappa shape index (κ3) is 6.14. The molecule has 0 radical (unpaired) electrons. The summed E-state index contributed by atoms with van der Waals surface area (Å²) in [6, 6.07) is 10.8. The van der Waals surface area contributed by atoms with Crippen molar-refractivity contribution in [2.75, 3.05) is 10.6 Å². The third-order valence-corrected chi connectivity index (χ3v) is 6.47. The molecule has 7 nitrogen and oxygen atoms in total. The first-order chi connectivity index (χ1) is 20.2. The molecule has 0 saturated carbocycles. The molecule has 0 unspecified atom stereocenters. The molecule has 0 aliphatic heterocycles. The van der Waals surface area contributed by atoms with Gasteiger partial charge in [0.05, 0.1) is 28.0 Å². The second kappa shape index (κ2) is 11.0. The highest BCUT2D eigenvalue weighted by atomic mass is 35.5. The number of hydrogen-bond donors (Lipinski definition) is 2. The van der Waals surface area contributed by atoms with E-state index >= 15 is 0 Å². The van der Waals surface area contributed by atoms with Crippen molar-refractivity contribution < 1.29 is 40.3 Å². The standard InChI is InChI=1S/C28H15ClF7N5O2/c29-20-6-4-15(11-18(20)27(31,32)33)25(42)39-17-3-1-2-14(10-17)22-13-38-24-23(37-8-9-41(22)24)40-26(43)16-5-7-21(30)19(12-16)28(34,35)36/h1-13H,(H,39,42)(H,37,40,43). The van der Waals surface area contributed by atoms with Crippen molar-refractivity contribution in [2.45, 2.75) is 12.4 Å². The molecule has 0 fully saturated rings. The van der Waals surface area contributed by atoms with Gasteiger partial charge in [-0.05, 0) is 48.5 Å². The van der Waals surface area contributed by atoms with Crippen molar-refractivity contribution >= 4 is 40.6 Å². The van der Waals surface area contributed by atoms with E-state index in [1.165, 1.54) is 35.1 Å². The monoisotopic (exact) mass is 621 g/mol. The second-order valence-corrected chi connectivity index (χ2v) is 9.39. The van der Waals surface area contributed by atoms with E-state index < -0.39 is 51.7 Å². The summed E-state index contributed by atoms with van der Waals surface area (Å²) in [5.74, 6) is -3.44. The number of rotatable bonds is 5. The number of halogens is 8. The smallest absolute Gasteiger partial charge is 0.322 e. The van der Waals surface area contributed by atoms with Crippen LogP contribution in [0, 0.1) is 5.82 Å². The predicted molar refractivity (Wildman–Crippen MR) is 142 cm³/mol. The third-order valence-electron chi connectivity index (χ3n) is 6.14. The largest absolute Gasteiger partial charge is 0.419 e. The zero-order chi connectivity index (χ0) is 31.1. The van der Waals surface area contributed by atoms with E-state index in [1.807, 2.05) is 0 Å². The van der Waals surface area contributed by atoms with Crippen LogP contribution in [0.5, 0.6) is 0 Å². The summed E-state index contributed by atoms with van der Waals surface area (Å²) in [5.41, 5.74) is -2.20. The summed E-state index contributed by atoms with van der Waals surface area (Å²) in [6.45, 7) is 0. The zero-order valence-electron chi connectivity index (χ0n) is 21.2. The number of aromatic nitrogens is 3. The first-order valence-electron chi connectivity index (χ1n) is 12.0. The summed E-state index contributed by atoms with van der Waals surface area (Å²) < 4.78 is 94.0. The minimum absolute atomic E-state index is 0.107. The van der Waals surface area contributed by atoms with E-state index in [1.54, 1.807) is 12.1 Å². The summed E-state index contributed by atoms with van der Waals surface area (Å²) in [6.07, 6.45) is -5.57. The lowest BCUT2D eigenvalue weighted by Gasteiger charge is -2.12. The van der Waals surface area contributed by atoms with Crippen molar-refractivity contribution in [1.29, 1.82) is 0 Å². The van der Waals surface area contributed by atoms with Gasteiger partial charge < -0.3 is 10.6 Å². The van der Waals surface area contributed by atoms with Gasteiger partial charge in [0.2, 0.25) is 0 Å². The normalized spacial score (nSPS) is 11.9. The molecule has 15 heteroatoms. The van der Waals surface area contributed by atoms with E-state index in [4.69, 9.17) is 11.6 Å². The Morgan fingerprint density at radius 1 is 0.791 bits per heavy atom. The van der Waals surface area contributed by atoms with E-state index in [9.17, 15) is 40.3 Å². The molecular formula is C28H15ClF7N5O2. The Bertz CT molecular complexity index is 1890. The van der Waals surface area contributed by atoms with Crippen LogP contribution in [0.4, 0.5) is 42.2 Å². The highest BCUT2D eigenvalue weighted by Crippen LogP contribution is 2.36. The van der Waals surface area contributed by atoms with Crippen LogP contribution >= 0.6 is 11.6 Å². The Hall–Kier alpha value is -4.98. The van der Waals surface area contributed by atoms with Gasteiger partial charge in [-0.2, -0.15) is 26.3 Å². The molecule has 0 bridgehead atoms. The minimum atomic E-state index is -5.01. The van der Waals surface area contributed by atoms with Gasteiger partial charge in [0.1, 0.15) is 5.82 Å². The van der Waals surface area contributed by atoms with Gasteiger partial charge >= 0.3 is 12.4 Å². The van der Waals surface area contributed by atoms with Gasteiger partial charge in [0, 0.05) is 34.8 Å². The van der Waals surface area contributed by atoms with Crippen molar-refractivity contribution in [3.05, 3.63) is 112 Å². The molecule has 2 amide bonds. The van der Waals surface area contributed by atoms with E-state index in [0.29, 0.717) is 29.5 Å². The zero-order valence-corrected chi connectivity index (χ0v) is 21.9. The molecule has 5 rings (SSSR count). The van der Waals surface area contributed by atoms with Crippen LogP contribution in [0.1, 0.15) is 31.8 Å². The number of fused-ring (bicyclic) bond motifs is 1. The van der Waals surface area contributed by atoms with Crippen molar-refractivity contribution in [3.63, 3.8) is 0 Å². The van der Waals surface area contributed by atoms with Crippen LogP contribution in [0.3, 0.4) is 0 Å². The number of nitrogens with one attached hydrogen (secondary N) is 2. The first kappa shape index (κ1) is 29.5. The summed E-state index contributed by atoms with van der Waals surface area (Å²) >= 11 is 5.63. The van der Waals surface area contributed by atoms with Crippen molar-refractivity contribution in [2.24, 2.45) is 0 Å². The van der Waals surface area contributed by atoms with Gasteiger partial charge in [-0.15, -0.1) is 0 Å². The molecule has 2 heterocycles. The van der Waals surface area contributed by atoms with Gasteiger partial charge in [-0.1, -0.05) is 23.7 Å². The SMILES string of the molecule is O=C(Nc1cccc(-c2cnc3c(NC(=O)c4ccc(F)c(C(F)(F)F)c4)nccn23)c1)c1ccc(Cl)c(C(F)(F)F)c1. The molecule has 0 spiro atoms. The van der Waals surface area contributed by atoms with Crippen molar-refractivity contribution in [1.82, 2.24) is 14.4 Å². The van der Waals surface area contributed by atoms with E-state index in [-0.39, 0.29) is 22.7 Å². The number of benzene rings is 3. The number of imidazole rings is 1. The molecule has 0 aliphatic carbocycles. The summed E-state index contributed by atoms with van der Waals surface area (Å²) in [4.78, 5) is 33.7. The fraction of sp³-hybridized carbons (Fsp3) is 0.0714. The Labute approximate surface area is 242 Å². The fourth-order valence-electron chi connectivity index (χ4n) is 4.13. The molecule has 3 aromatic carbocycles. The maximum absolute atomic E-state index is 13.6. The second-order valence-electron chi connectivity index (χ2n) is 8.99. The lowest BCUT2D eigenvalue weighted by atomic mass is 10.1. The number of anilines is 2. The van der Waals surface area contributed by atoms with Gasteiger partial charge in [0.25, 0.3) is 11.8 Å². The average molecular weight is 622 g/mol. The Morgan fingerprint density at radius 3 is 2.14 bits per heavy atom. The Balaban J connectivity index is 1.40. The van der Waals surface area contributed by atoms with E-state index in [0.717, 1.165) is 18.2 Å². The van der Waals surface area contributed by atoms with Crippen LogP contribution in [0.25, 0.3) is 16.9 Å². The van der Waals surface area contributed by atoms with Crippen LogP contribution in [0.2, 0.25) is 5.02 Å². The quantitative estimate of drug-likeness (QED) is 0.197. The number of carbonyl (C=O) groups is 2. The maximum Gasteiger partial charge on any atom is 0.419 e. The van der Waals surface area contributed by atoms with Crippen LogP contribution in [-0.2, 0) is 12.4 Å². The predicted octanol–water partition coefficient (Wildman–Crippen LogP) is 7.73. The maximum atomic E-state index is 13.6. The topological polar surface area (TPSA) is 88.4 Å². The highest BCUT2D eigenvalue weighted by Gasteiger charge is 2.35. The molecule has 0 atom stereocenters. The lowest BCUT2D eigenvalue weighted by molar-refractivity contribution is -0.140. The molecule has 2 aromatic heterocycles. The van der Waals surface area contributed by atoms with Crippen LogP contribution in [-0.4, -0.2) is 26.2 Å². The number of nitrogens with zero attached hydrogens (tertiary/aromatic N) is 3. The molecule has 0 saturated heterocycles. The van der Waals surface area contributed by atoms with Crippen molar-refractivity contribution in [3.8, 4) is 11.3 Å². The molecule has 43 heavy (non-hydrogen) atoms. The number of alkyl halides is 6. The Kier molecular flexibility index (Phi) is 7.56. The summed E-state index contributed by atoms with van der Waals surface area (Å²) in [7, 11) is 0. The highest BCUT2D eigenvalue weighted by molar-refractivity contribution is 6.31. The molecule has 220 valence electrons. The summed E-state index contributed by atoms with van der Waals surface area (Å²) in [5, 5.41) is 4.35.